The first-order valence-corrected chi connectivity index (χ1v) is 4.92. The number of hydrogen-bond acceptors (Lipinski definition) is 3. The number of nitrogens with two attached hydrogens (primary N) is 1. The molecule has 2 N–H and O–H groups in total. The van der Waals surface area contributed by atoms with Crippen molar-refractivity contribution in [3.05, 3.63) is 39.1 Å². The van der Waals surface area contributed by atoms with Gasteiger partial charge in [0.1, 0.15) is 11.6 Å². The molecule has 0 aliphatic rings. The maximum Gasteiger partial charge on any atom is 0.270 e. The minimum absolute atomic E-state index is 0.0303. The minimum Gasteiger partial charge on any atom is -0.397 e. The number of anilines is 1. The number of hydrogen-bond donors (Lipinski definition) is 1. The molecule has 0 atom stereocenters. The lowest BCUT2D eigenvalue weighted by Gasteiger charge is -2.09. The van der Waals surface area contributed by atoms with Crippen molar-refractivity contribution in [1.82, 2.24) is 4.57 Å². The summed E-state index contributed by atoms with van der Waals surface area (Å²) < 4.78 is 1.37. The molecule has 2 rings (SSSR count). The monoisotopic (exact) mass is 233 g/mol. The Morgan fingerprint density at radius 1 is 1.50 bits per heavy atom. The second kappa shape index (κ2) is 3.54. The second-order valence-corrected chi connectivity index (χ2v) is 3.86. The van der Waals surface area contributed by atoms with Crippen LogP contribution in [-0.2, 0) is 7.05 Å². The maximum atomic E-state index is 11.8. The highest BCUT2D eigenvalue weighted by Gasteiger charge is 2.12. The van der Waals surface area contributed by atoms with E-state index in [4.69, 9.17) is 22.6 Å². The second-order valence-electron chi connectivity index (χ2n) is 3.43. The lowest BCUT2D eigenvalue weighted by molar-refractivity contribution is 0.902. The summed E-state index contributed by atoms with van der Waals surface area (Å²) in [6, 6.07) is 6.84. The molecule has 0 unspecified atom stereocenters. The number of rotatable bonds is 0. The molecule has 0 bridgehead atoms. The molecule has 0 saturated carbocycles. The quantitative estimate of drug-likeness (QED) is 0.752. The lowest BCUT2D eigenvalue weighted by Crippen LogP contribution is -2.21. The zero-order valence-electron chi connectivity index (χ0n) is 8.49. The third kappa shape index (κ3) is 1.34. The molecule has 80 valence electrons. The van der Waals surface area contributed by atoms with Crippen molar-refractivity contribution in [3.8, 4) is 6.07 Å². The van der Waals surface area contributed by atoms with Crippen LogP contribution >= 0.6 is 11.6 Å². The average Bonchev–Trinajstić information content (AvgIpc) is 2.27. The van der Waals surface area contributed by atoms with Crippen LogP contribution in [0.15, 0.2) is 23.0 Å². The van der Waals surface area contributed by atoms with E-state index in [1.165, 1.54) is 4.57 Å². The van der Waals surface area contributed by atoms with Crippen molar-refractivity contribution in [2.24, 2.45) is 7.05 Å². The van der Waals surface area contributed by atoms with E-state index in [9.17, 15) is 4.79 Å². The van der Waals surface area contributed by atoms with Crippen molar-refractivity contribution in [1.29, 1.82) is 5.26 Å². The van der Waals surface area contributed by atoms with Crippen molar-refractivity contribution in [2.75, 3.05) is 5.73 Å². The highest BCUT2D eigenvalue weighted by molar-refractivity contribution is 6.31. The van der Waals surface area contributed by atoms with Gasteiger partial charge in [-0.15, -0.1) is 0 Å². The molecular weight excluding hydrogens is 226 g/mol. The zero-order chi connectivity index (χ0) is 11.9. The van der Waals surface area contributed by atoms with Crippen molar-refractivity contribution >= 4 is 28.2 Å². The van der Waals surface area contributed by atoms with E-state index < -0.39 is 5.56 Å². The number of halogens is 1. The third-order valence-corrected chi connectivity index (χ3v) is 2.75. The van der Waals surface area contributed by atoms with Crippen LogP contribution < -0.4 is 11.3 Å². The molecule has 1 aromatic heterocycles. The molecule has 4 nitrogen and oxygen atoms in total. The van der Waals surface area contributed by atoms with E-state index in [1.54, 1.807) is 25.2 Å². The highest BCUT2D eigenvalue weighted by Crippen LogP contribution is 2.24. The Labute approximate surface area is 96.5 Å². The van der Waals surface area contributed by atoms with E-state index in [1.807, 2.05) is 6.07 Å². The fraction of sp³-hybridized carbons (Fsp3) is 0.0909. The molecule has 16 heavy (non-hydrogen) atoms. The molecule has 0 amide bonds. The van der Waals surface area contributed by atoms with E-state index in [2.05, 4.69) is 0 Å². The number of nitriles is 1. The van der Waals surface area contributed by atoms with Gasteiger partial charge in [0.05, 0.1) is 11.2 Å². The number of nitrogen functional groups attached to an aromatic ring is 1. The Hall–Kier alpha value is -1.99. The molecule has 0 radical (unpaired) electrons. The van der Waals surface area contributed by atoms with Gasteiger partial charge in [-0.25, -0.2) is 0 Å². The summed E-state index contributed by atoms with van der Waals surface area (Å²) in [6.07, 6.45) is 0. The first kappa shape index (κ1) is 10.5. The topological polar surface area (TPSA) is 71.8 Å². The summed E-state index contributed by atoms with van der Waals surface area (Å²) in [5.41, 5.74) is 6.16. The van der Waals surface area contributed by atoms with Gasteiger partial charge in [-0.1, -0.05) is 11.6 Å². The number of pyridine rings is 1. The Balaban J connectivity index is 3.09. The summed E-state index contributed by atoms with van der Waals surface area (Å²) >= 11 is 5.85. The molecule has 1 heterocycles. The van der Waals surface area contributed by atoms with Crippen LogP contribution in [0.3, 0.4) is 0 Å². The van der Waals surface area contributed by atoms with Gasteiger partial charge in [-0.3, -0.25) is 4.79 Å². The Morgan fingerprint density at radius 2 is 2.19 bits per heavy atom. The number of nitrogens with zero attached hydrogens (tertiary/aromatic N) is 2. The van der Waals surface area contributed by atoms with Gasteiger partial charge in [-0.05, 0) is 18.2 Å². The number of aryl methyl sites for hydroxylation is 1. The Kier molecular flexibility index (Phi) is 2.33. The normalized spacial score (nSPS) is 10.3. The van der Waals surface area contributed by atoms with Gasteiger partial charge in [0.15, 0.2) is 0 Å². The molecule has 0 aliphatic heterocycles. The van der Waals surface area contributed by atoms with Crippen LogP contribution in [0.1, 0.15) is 5.56 Å². The summed E-state index contributed by atoms with van der Waals surface area (Å²) in [4.78, 5) is 11.8. The van der Waals surface area contributed by atoms with Crippen molar-refractivity contribution in [3.63, 3.8) is 0 Å². The molecule has 0 saturated heterocycles. The molecule has 0 fully saturated rings. The van der Waals surface area contributed by atoms with Crippen LogP contribution in [0.4, 0.5) is 5.69 Å². The van der Waals surface area contributed by atoms with E-state index >= 15 is 0 Å². The van der Waals surface area contributed by atoms with Crippen molar-refractivity contribution in [2.45, 2.75) is 0 Å². The van der Waals surface area contributed by atoms with Crippen LogP contribution in [0.5, 0.6) is 0 Å². The number of fused-ring (bicyclic) bond motifs is 1. The first-order valence-electron chi connectivity index (χ1n) is 4.54. The fourth-order valence-electron chi connectivity index (χ4n) is 1.65. The molecular formula is C11H8ClN3O. The van der Waals surface area contributed by atoms with Gasteiger partial charge in [0.25, 0.3) is 5.56 Å². The Bertz CT molecular complexity index is 682. The predicted octanol–water partition coefficient (Wildman–Crippen LogP) is 1.65. The van der Waals surface area contributed by atoms with E-state index in [-0.39, 0.29) is 11.3 Å². The molecule has 0 spiro atoms. The van der Waals surface area contributed by atoms with Gasteiger partial charge in [0.2, 0.25) is 0 Å². The lowest BCUT2D eigenvalue weighted by atomic mass is 10.1. The standard InChI is InChI=1S/C11H8ClN3O/c1-15-9-4-6(12)2-3-7(9)10(14)8(5-13)11(15)16/h2-4H,14H2,1H3. The largest absolute Gasteiger partial charge is 0.397 e. The van der Waals surface area contributed by atoms with Crippen molar-refractivity contribution < 1.29 is 0 Å². The average molecular weight is 234 g/mol. The van der Waals surface area contributed by atoms with Gasteiger partial charge in [0, 0.05) is 17.5 Å². The van der Waals surface area contributed by atoms with E-state index in [0.717, 1.165) is 0 Å². The van der Waals surface area contributed by atoms with Crippen LogP contribution in [0.25, 0.3) is 10.9 Å². The van der Waals surface area contributed by atoms with Crippen LogP contribution in [-0.4, -0.2) is 4.57 Å². The molecule has 0 aliphatic carbocycles. The SMILES string of the molecule is Cn1c(=O)c(C#N)c(N)c2ccc(Cl)cc21. The van der Waals surface area contributed by atoms with Crippen LogP contribution in [0.2, 0.25) is 5.02 Å². The predicted molar refractivity (Wildman–Crippen MR) is 63.3 cm³/mol. The number of benzene rings is 1. The summed E-state index contributed by atoms with van der Waals surface area (Å²) in [7, 11) is 1.58. The van der Waals surface area contributed by atoms with Gasteiger partial charge >= 0.3 is 0 Å². The first-order chi connectivity index (χ1) is 7.56. The summed E-state index contributed by atoms with van der Waals surface area (Å²) in [5.74, 6) is 0. The maximum absolute atomic E-state index is 11.8. The van der Waals surface area contributed by atoms with Gasteiger partial charge in [-0.2, -0.15) is 5.26 Å². The number of aromatic nitrogens is 1. The van der Waals surface area contributed by atoms with E-state index in [0.29, 0.717) is 15.9 Å². The highest BCUT2D eigenvalue weighted by atomic mass is 35.5. The van der Waals surface area contributed by atoms with Gasteiger partial charge < -0.3 is 10.3 Å². The summed E-state index contributed by atoms with van der Waals surface area (Å²) in [6.45, 7) is 0. The Morgan fingerprint density at radius 3 is 2.81 bits per heavy atom. The smallest absolute Gasteiger partial charge is 0.270 e. The summed E-state index contributed by atoms with van der Waals surface area (Å²) in [5, 5.41) is 10.0. The molecule has 2 aromatic rings. The molecule has 5 heteroatoms. The fourth-order valence-corrected chi connectivity index (χ4v) is 1.81. The van der Waals surface area contributed by atoms with Crippen LogP contribution in [0, 0.1) is 11.3 Å². The minimum atomic E-state index is -0.408. The zero-order valence-corrected chi connectivity index (χ0v) is 9.25. The molecule has 1 aromatic carbocycles. The third-order valence-electron chi connectivity index (χ3n) is 2.51.